The summed E-state index contributed by atoms with van der Waals surface area (Å²) >= 11 is 0. The summed E-state index contributed by atoms with van der Waals surface area (Å²) in [6.07, 6.45) is 8.91. The van der Waals surface area contributed by atoms with Crippen LogP contribution in [0, 0.1) is 29.0 Å². The molecule has 1 nitrogen and oxygen atoms in total. The van der Waals surface area contributed by atoms with Crippen molar-refractivity contribution in [3.63, 3.8) is 0 Å². The number of benzene rings is 3. The Kier molecular flexibility index (Phi) is 5.95. The topological polar surface area (TPSA) is 9.23 Å². The lowest BCUT2D eigenvalue weighted by atomic mass is 9.45. The first kappa shape index (κ1) is 23.2. The minimum atomic E-state index is -0.362. The second-order valence-corrected chi connectivity index (χ2v) is 13.4. The van der Waals surface area contributed by atoms with Crippen molar-refractivity contribution >= 4 is 10.9 Å². The average molecular weight is 488 g/mol. The van der Waals surface area contributed by atoms with Crippen LogP contribution in [0.3, 0.4) is 0 Å². The summed E-state index contributed by atoms with van der Waals surface area (Å²) in [6.45, 7) is 4.50. The largest absolute Gasteiger partial charge is 0.484 e. The average Bonchev–Trinajstić information content (AvgIpc) is 2.86. The Morgan fingerprint density at radius 2 is 1.31 bits per heavy atom. The smallest absolute Gasteiger partial charge is 0.170 e. The maximum atomic E-state index is 15.8. The molecule has 0 heterocycles. The van der Waals surface area contributed by atoms with Crippen molar-refractivity contribution in [2.45, 2.75) is 79.1 Å². The summed E-state index contributed by atoms with van der Waals surface area (Å²) < 4.78 is 22.5. The fourth-order valence-electron chi connectivity index (χ4n) is 7.77. The third-order valence-electron chi connectivity index (χ3n) is 9.27. The van der Waals surface area contributed by atoms with Crippen LogP contribution in [0.15, 0.2) is 93.5 Å². The van der Waals surface area contributed by atoms with Crippen LogP contribution >= 0.6 is 0 Å². The molecule has 4 bridgehead atoms. The lowest BCUT2D eigenvalue weighted by Gasteiger charge is -2.62. The van der Waals surface area contributed by atoms with E-state index in [1.54, 1.807) is 6.07 Å². The molecule has 35 heavy (non-hydrogen) atoms. The molecule has 3 aromatic rings. The van der Waals surface area contributed by atoms with Gasteiger partial charge in [-0.25, -0.2) is 4.39 Å². The van der Waals surface area contributed by atoms with Gasteiger partial charge in [0.05, 0.1) is 10.9 Å². The van der Waals surface area contributed by atoms with Crippen molar-refractivity contribution in [1.29, 1.82) is 0 Å². The molecule has 4 aliphatic rings. The van der Waals surface area contributed by atoms with E-state index in [4.69, 9.17) is 4.74 Å². The Labute approximate surface area is 212 Å². The van der Waals surface area contributed by atoms with Gasteiger partial charge in [-0.3, -0.25) is 0 Å². The standard InChI is InChI=1S/C32H36FOS/c1-3-31(2,32-20-23-16-24(21-32)18-25(17-23)22-32)34-30-15-14-28(19-29(30)33)35(26-10-6-4-7-11-26)27-12-8-5-9-13-27/h4-15,19,23-25H,3,16-18,20-22H2,1-2H3/q+1. The molecule has 4 aliphatic carbocycles. The van der Waals surface area contributed by atoms with Gasteiger partial charge < -0.3 is 4.74 Å². The van der Waals surface area contributed by atoms with Crippen molar-refractivity contribution in [3.8, 4) is 5.75 Å². The van der Waals surface area contributed by atoms with E-state index in [0.29, 0.717) is 5.75 Å². The van der Waals surface area contributed by atoms with Gasteiger partial charge in [-0.2, -0.15) is 0 Å². The molecule has 3 aromatic carbocycles. The van der Waals surface area contributed by atoms with Crippen molar-refractivity contribution in [1.82, 2.24) is 0 Å². The van der Waals surface area contributed by atoms with Gasteiger partial charge in [0.15, 0.2) is 26.3 Å². The van der Waals surface area contributed by atoms with Gasteiger partial charge in [0.25, 0.3) is 0 Å². The van der Waals surface area contributed by atoms with E-state index in [2.05, 4.69) is 68.4 Å². The highest BCUT2D eigenvalue weighted by atomic mass is 32.2. The van der Waals surface area contributed by atoms with Crippen molar-refractivity contribution < 1.29 is 9.13 Å². The van der Waals surface area contributed by atoms with Crippen LogP contribution in [-0.2, 0) is 10.9 Å². The Morgan fingerprint density at radius 3 is 1.77 bits per heavy atom. The Bertz CT molecular complexity index is 1100. The Morgan fingerprint density at radius 1 is 0.800 bits per heavy atom. The van der Waals surface area contributed by atoms with Crippen LogP contribution < -0.4 is 4.74 Å². The molecule has 0 saturated heterocycles. The molecule has 0 spiro atoms. The summed E-state index contributed by atoms with van der Waals surface area (Å²) in [7, 11) is -0.362. The first-order valence-electron chi connectivity index (χ1n) is 13.3. The second kappa shape index (κ2) is 9.00. The lowest BCUT2D eigenvalue weighted by Crippen LogP contribution is -2.59. The molecule has 0 aromatic heterocycles. The van der Waals surface area contributed by atoms with Gasteiger partial charge in [-0.15, -0.1) is 0 Å². The third kappa shape index (κ3) is 4.10. The summed E-state index contributed by atoms with van der Waals surface area (Å²) in [6, 6.07) is 26.5. The summed E-state index contributed by atoms with van der Waals surface area (Å²) in [4.78, 5) is 3.37. The van der Waals surface area contributed by atoms with E-state index in [9.17, 15) is 0 Å². The van der Waals surface area contributed by atoms with Crippen LogP contribution in [0.4, 0.5) is 4.39 Å². The maximum Gasteiger partial charge on any atom is 0.170 e. The van der Waals surface area contributed by atoms with Crippen LogP contribution in [0.2, 0.25) is 0 Å². The van der Waals surface area contributed by atoms with Crippen LogP contribution in [0.1, 0.15) is 58.8 Å². The molecule has 0 amide bonds. The number of hydrogen-bond donors (Lipinski definition) is 0. The Hall–Kier alpha value is -2.26. The molecular formula is C32H36FOS+. The van der Waals surface area contributed by atoms with Gasteiger partial charge in [-0.05, 0) is 106 Å². The zero-order chi connectivity index (χ0) is 24.0. The molecule has 4 fully saturated rings. The van der Waals surface area contributed by atoms with E-state index >= 15 is 4.39 Å². The molecule has 0 radical (unpaired) electrons. The highest BCUT2D eigenvalue weighted by Crippen LogP contribution is 2.65. The van der Waals surface area contributed by atoms with E-state index in [1.165, 1.54) is 48.3 Å². The molecule has 0 N–H and O–H groups in total. The second-order valence-electron chi connectivity index (χ2n) is 11.4. The monoisotopic (exact) mass is 487 g/mol. The first-order chi connectivity index (χ1) is 17.0. The minimum absolute atomic E-state index is 0.194. The SMILES string of the molecule is CCC(C)(Oc1ccc([S+](c2ccccc2)c2ccccc2)cc1F)C12CC3CC(CC(C3)C1)C2. The van der Waals surface area contributed by atoms with Crippen molar-refractivity contribution in [3.05, 3.63) is 84.7 Å². The molecule has 0 aliphatic heterocycles. The highest BCUT2D eigenvalue weighted by Gasteiger charge is 2.59. The molecule has 7 rings (SSSR count). The summed E-state index contributed by atoms with van der Waals surface area (Å²) in [5.41, 5.74) is -0.133. The normalized spacial score (nSPS) is 28.7. The summed E-state index contributed by atoms with van der Waals surface area (Å²) in [5, 5.41) is 0. The van der Waals surface area contributed by atoms with Crippen LogP contribution in [0.5, 0.6) is 5.75 Å². The lowest BCUT2D eigenvalue weighted by molar-refractivity contribution is -0.160. The van der Waals surface area contributed by atoms with Gasteiger partial charge >= 0.3 is 0 Å². The molecular weight excluding hydrogens is 451 g/mol. The molecule has 1 unspecified atom stereocenters. The van der Waals surface area contributed by atoms with E-state index in [0.717, 1.165) is 29.1 Å². The van der Waals surface area contributed by atoms with Crippen LogP contribution in [-0.4, -0.2) is 5.60 Å². The van der Waals surface area contributed by atoms with Crippen LogP contribution in [0.25, 0.3) is 0 Å². The first-order valence-corrected chi connectivity index (χ1v) is 14.5. The predicted octanol–water partition coefficient (Wildman–Crippen LogP) is 8.69. The third-order valence-corrected chi connectivity index (χ3v) is 11.5. The molecule has 3 heteroatoms. The van der Waals surface area contributed by atoms with Gasteiger partial charge in [0, 0.05) is 11.5 Å². The quantitative estimate of drug-likeness (QED) is 0.303. The zero-order valence-corrected chi connectivity index (χ0v) is 21.7. The van der Waals surface area contributed by atoms with Gasteiger partial charge in [0.2, 0.25) is 0 Å². The summed E-state index contributed by atoms with van der Waals surface area (Å²) in [5.74, 6) is 2.72. The zero-order valence-electron chi connectivity index (χ0n) is 20.9. The number of rotatable bonds is 7. The molecule has 1 atom stereocenters. The fourth-order valence-corrected chi connectivity index (χ4v) is 9.87. The Balaban J connectivity index is 1.32. The predicted molar refractivity (Wildman–Crippen MR) is 141 cm³/mol. The maximum absolute atomic E-state index is 15.8. The number of hydrogen-bond acceptors (Lipinski definition) is 1. The highest BCUT2D eigenvalue weighted by molar-refractivity contribution is 7.97. The van der Waals surface area contributed by atoms with E-state index in [1.807, 2.05) is 18.2 Å². The molecule has 4 saturated carbocycles. The van der Waals surface area contributed by atoms with E-state index < -0.39 is 0 Å². The minimum Gasteiger partial charge on any atom is -0.484 e. The number of ether oxygens (including phenoxy) is 1. The molecule has 182 valence electrons. The van der Waals surface area contributed by atoms with Crippen molar-refractivity contribution in [2.75, 3.05) is 0 Å². The fraction of sp³-hybridized carbons (Fsp3) is 0.438. The van der Waals surface area contributed by atoms with Crippen molar-refractivity contribution in [2.24, 2.45) is 23.2 Å². The van der Waals surface area contributed by atoms with Gasteiger partial charge in [0.1, 0.15) is 5.60 Å². The number of halogens is 1. The van der Waals surface area contributed by atoms with Gasteiger partial charge in [-0.1, -0.05) is 43.3 Å². The van der Waals surface area contributed by atoms with E-state index in [-0.39, 0.29) is 27.7 Å².